The first kappa shape index (κ1) is 16.5. The summed E-state index contributed by atoms with van der Waals surface area (Å²) in [6.07, 6.45) is -3.65. The maximum Gasteiger partial charge on any atom is 0.573 e. The van der Waals surface area contributed by atoms with Crippen molar-refractivity contribution >= 4 is 10.8 Å². The average molecular weight is 355 g/mol. The summed E-state index contributed by atoms with van der Waals surface area (Å²) in [5.74, 6) is -0.311. The van der Waals surface area contributed by atoms with Crippen LogP contribution >= 0.6 is 0 Å². The van der Waals surface area contributed by atoms with E-state index in [0.717, 1.165) is 0 Å². The van der Waals surface area contributed by atoms with Crippen molar-refractivity contribution in [1.29, 1.82) is 0 Å². The number of nitrogens with one attached hydrogen (secondary N) is 1. The Hall–Kier alpha value is -2.32. The number of benzene rings is 2. The van der Waals surface area contributed by atoms with Gasteiger partial charge in [0.05, 0.1) is 0 Å². The Kier molecular flexibility index (Phi) is 4.59. The van der Waals surface area contributed by atoms with Crippen molar-refractivity contribution in [3.63, 3.8) is 0 Å². The molecule has 3 rings (SSSR count). The second kappa shape index (κ2) is 6.66. The van der Waals surface area contributed by atoms with E-state index in [4.69, 9.17) is 4.84 Å². The molecule has 0 saturated carbocycles. The second-order valence-electron chi connectivity index (χ2n) is 4.87. The largest absolute Gasteiger partial charge is 0.573 e. The number of hydrogen-bond acceptors (Lipinski definition) is 4. The monoisotopic (exact) mass is 355 g/mol. The Morgan fingerprint density at radius 1 is 1.04 bits per heavy atom. The molecule has 0 radical (unpaired) electrons. The van der Waals surface area contributed by atoms with Crippen LogP contribution in [0.3, 0.4) is 0 Å². The summed E-state index contributed by atoms with van der Waals surface area (Å²) >= 11 is 0. The van der Waals surface area contributed by atoms with Crippen LogP contribution in [0.25, 0.3) is 0 Å². The van der Waals surface area contributed by atoms with Gasteiger partial charge in [-0.1, -0.05) is 30.3 Å². The molecule has 1 unspecified atom stereocenters. The highest BCUT2D eigenvalue weighted by Crippen LogP contribution is 2.29. The molecular formula is C16H12F3NO3S. The molecule has 2 aromatic rings. The summed E-state index contributed by atoms with van der Waals surface area (Å²) in [6, 6.07) is 14.2. The third-order valence-electron chi connectivity index (χ3n) is 3.19. The van der Waals surface area contributed by atoms with Gasteiger partial charge in [0.1, 0.15) is 27.7 Å². The predicted molar refractivity (Wildman–Crippen MR) is 81.0 cm³/mol. The van der Waals surface area contributed by atoms with Crippen molar-refractivity contribution in [3.05, 3.63) is 71.3 Å². The lowest BCUT2D eigenvalue weighted by Gasteiger charge is -2.11. The Balaban J connectivity index is 1.73. The Labute approximate surface area is 138 Å². The summed E-state index contributed by atoms with van der Waals surface area (Å²) < 4.78 is 52.6. The highest BCUT2D eigenvalue weighted by molar-refractivity contribution is 7.89. The van der Waals surface area contributed by atoms with Crippen LogP contribution in [0.5, 0.6) is 5.75 Å². The van der Waals surface area contributed by atoms with Crippen LogP contribution in [-0.2, 0) is 15.6 Å². The van der Waals surface area contributed by atoms with Gasteiger partial charge >= 0.3 is 6.36 Å². The smallest absolute Gasteiger partial charge is 0.406 e. The molecule has 0 aromatic heterocycles. The van der Waals surface area contributed by atoms with Crippen LogP contribution in [0, 0.1) is 0 Å². The molecule has 24 heavy (non-hydrogen) atoms. The Morgan fingerprint density at radius 3 is 2.33 bits per heavy atom. The number of ether oxygens (including phenoxy) is 1. The molecule has 126 valence electrons. The van der Waals surface area contributed by atoms with E-state index < -0.39 is 23.3 Å². The summed E-state index contributed by atoms with van der Waals surface area (Å²) in [5.41, 5.74) is 3.21. The molecule has 0 spiro atoms. The fourth-order valence-corrected chi connectivity index (χ4v) is 3.15. The molecule has 1 N–H and O–H groups in total. The molecule has 1 heterocycles. The standard InChI is InChI=1S/C16H12F3NO3S/c17-16(18,19)22-12-8-6-11(7-9-12)14-10-15(20-23-14)24(21)13-4-2-1-3-5-13/h1-10,14,20H/t14-,24?/m1/s1. The van der Waals surface area contributed by atoms with E-state index in [1.54, 1.807) is 30.3 Å². The van der Waals surface area contributed by atoms with Crippen LogP contribution in [0.4, 0.5) is 13.2 Å². The van der Waals surface area contributed by atoms with Crippen molar-refractivity contribution in [2.45, 2.75) is 17.4 Å². The number of alkyl halides is 3. The number of halogens is 3. The summed E-state index contributed by atoms with van der Waals surface area (Å²) in [5, 5.41) is 0.391. The number of rotatable bonds is 4. The average Bonchev–Trinajstić information content (AvgIpc) is 3.04. The predicted octanol–water partition coefficient (Wildman–Crippen LogP) is 3.81. The highest BCUT2D eigenvalue weighted by atomic mass is 32.2. The molecule has 1 aliphatic rings. The van der Waals surface area contributed by atoms with Crippen molar-refractivity contribution in [2.75, 3.05) is 0 Å². The fourth-order valence-electron chi connectivity index (χ4n) is 2.12. The van der Waals surface area contributed by atoms with Gasteiger partial charge in [0.15, 0.2) is 0 Å². The van der Waals surface area contributed by atoms with Gasteiger partial charge in [-0.15, -0.1) is 13.2 Å². The van der Waals surface area contributed by atoms with Gasteiger partial charge < -0.3 is 4.74 Å². The van der Waals surface area contributed by atoms with Gasteiger partial charge in [0, 0.05) is 4.90 Å². The molecule has 0 fully saturated rings. The second-order valence-corrected chi connectivity index (χ2v) is 6.32. The molecule has 4 nitrogen and oxygen atoms in total. The van der Waals surface area contributed by atoms with Crippen molar-refractivity contribution in [1.82, 2.24) is 5.48 Å². The van der Waals surface area contributed by atoms with Crippen molar-refractivity contribution < 1.29 is 27.0 Å². The molecule has 0 bridgehead atoms. The lowest BCUT2D eigenvalue weighted by Crippen LogP contribution is -2.17. The first-order valence-corrected chi connectivity index (χ1v) is 8.03. The minimum absolute atomic E-state index is 0.311. The first-order chi connectivity index (χ1) is 11.4. The minimum Gasteiger partial charge on any atom is -0.406 e. The van der Waals surface area contributed by atoms with Crippen molar-refractivity contribution in [2.24, 2.45) is 0 Å². The van der Waals surface area contributed by atoms with E-state index in [-0.39, 0.29) is 5.75 Å². The summed E-state index contributed by atoms with van der Waals surface area (Å²) in [6.45, 7) is 0. The van der Waals surface area contributed by atoms with Crippen molar-refractivity contribution in [3.8, 4) is 5.75 Å². The molecular weight excluding hydrogens is 343 g/mol. The quantitative estimate of drug-likeness (QED) is 0.906. The van der Waals surface area contributed by atoms with Gasteiger partial charge in [-0.3, -0.25) is 10.3 Å². The van der Waals surface area contributed by atoms with E-state index in [1.807, 2.05) is 6.07 Å². The Morgan fingerprint density at radius 2 is 1.71 bits per heavy atom. The van der Waals surface area contributed by atoms with Crippen LogP contribution < -0.4 is 10.2 Å². The Bertz CT molecular complexity index is 760. The molecule has 0 aliphatic carbocycles. The van der Waals surface area contributed by atoms with Gasteiger partial charge in [0.2, 0.25) is 0 Å². The molecule has 0 amide bonds. The summed E-state index contributed by atoms with van der Waals surface area (Å²) in [7, 11) is -1.42. The lowest BCUT2D eigenvalue weighted by atomic mass is 10.1. The maximum absolute atomic E-state index is 12.4. The van der Waals surface area contributed by atoms with Gasteiger partial charge in [-0.2, -0.15) is 0 Å². The topological polar surface area (TPSA) is 47.6 Å². The van der Waals surface area contributed by atoms with E-state index in [1.165, 1.54) is 24.3 Å². The highest BCUT2D eigenvalue weighted by Gasteiger charge is 2.31. The molecule has 8 heteroatoms. The zero-order valence-electron chi connectivity index (χ0n) is 12.1. The zero-order valence-corrected chi connectivity index (χ0v) is 12.9. The van der Waals surface area contributed by atoms with E-state index in [2.05, 4.69) is 10.2 Å². The molecule has 0 saturated heterocycles. The van der Waals surface area contributed by atoms with Crippen LogP contribution in [0.2, 0.25) is 0 Å². The third-order valence-corrected chi connectivity index (χ3v) is 4.51. The summed E-state index contributed by atoms with van der Waals surface area (Å²) in [4.78, 5) is 5.96. The lowest BCUT2D eigenvalue weighted by molar-refractivity contribution is -0.274. The van der Waals surface area contributed by atoms with Gasteiger partial charge in [-0.05, 0) is 35.9 Å². The zero-order chi connectivity index (χ0) is 17.2. The van der Waals surface area contributed by atoms with E-state index >= 15 is 0 Å². The molecule has 1 aliphatic heterocycles. The van der Waals surface area contributed by atoms with Crippen LogP contribution in [-0.4, -0.2) is 10.6 Å². The number of hydrogen-bond donors (Lipinski definition) is 1. The van der Waals surface area contributed by atoms with Crippen LogP contribution in [0.1, 0.15) is 11.7 Å². The van der Waals surface area contributed by atoms with Gasteiger partial charge in [-0.25, -0.2) is 4.21 Å². The third kappa shape index (κ3) is 3.95. The van der Waals surface area contributed by atoms with Crippen LogP contribution in [0.15, 0.2) is 70.6 Å². The van der Waals surface area contributed by atoms with E-state index in [0.29, 0.717) is 15.5 Å². The number of hydroxylamine groups is 1. The normalized spacial score (nSPS) is 18.6. The molecule has 2 atom stereocenters. The SMILES string of the molecule is O=S(C1=C[C@H](c2ccc(OC(F)(F)F)cc2)ON1)c1ccccc1. The minimum atomic E-state index is -4.73. The van der Waals surface area contributed by atoms with Gasteiger partial charge in [0.25, 0.3) is 0 Å². The molecule has 2 aromatic carbocycles. The fraction of sp³-hybridized carbons (Fsp3) is 0.125. The first-order valence-electron chi connectivity index (χ1n) is 6.88. The maximum atomic E-state index is 12.4. The van der Waals surface area contributed by atoms with E-state index in [9.17, 15) is 17.4 Å².